The third-order valence-corrected chi connectivity index (χ3v) is 4.54. The summed E-state index contributed by atoms with van der Waals surface area (Å²) < 4.78 is 16.4. The van der Waals surface area contributed by atoms with E-state index in [1.807, 2.05) is 33.8 Å². The molecule has 156 valence electrons. The molecule has 0 radical (unpaired) electrons. The Kier molecular flexibility index (Phi) is 6.10. The van der Waals surface area contributed by atoms with Crippen molar-refractivity contribution in [1.82, 2.24) is 30.4 Å². The summed E-state index contributed by atoms with van der Waals surface area (Å²) in [4.78, 5) is 24.1. The highest BCUT2D eigenvalue weighted by molar-refractivity contribution is 5.93. The first kappa shape index (κ1) is 21.0. The van der Waals surface area contributed by atoms with Crippen molar-refractivity contribution in [1.29, 1.82) is 0 Å². The zero-order valence-corrected chi connectivity index (χ0v) is 17.2. The standard InChI is InChI=1S/C21H23FN6O2/c1-13-11-14(2)27(25-13)12-21(30)24-23-20(29)10-9-19-15(3)26-28(16(19)4)18-7-5-17(22)6-8-18/h5-11H,12H2,1-4H3,(H,23,29)(H,24,30)/b10-9+. The number of aromatic nitrogens is 4. The van der Waals surface area contributed by atoms with Crippen LogP contribution in [0.4, 0.5) is 4.39 Å². The molecule has 2 aromatic heterocycles. The van der Waals surface area contributed by atoms with Gasteiger partial charge in [0, 0.05) is 23.0 Å². The van der Waals surface area contributed by atoms with E-state index in [0.717, 1.165) is 34.0 Å². The Morgan fingerprint density at radius 2 is 1.77 bits per heavy atom. The SMILES string of the molecule is Cc1cc(C)n(CC(=O)NNC(=O)/C=C/c2c(C)nn(-c3ccc(F)cc3)c2C)n1. The highest BCUT2D eigenvalue weighted by Crippen LogP contribution is 2.19. The van der Waals surface area contributed by atoms with Crippen LogP contribution in [-0.2, 0) is 16.1 Å². The summed E-state index contributed by atoms with van der Waals surface area (Å²) in [6.45, 7) is 7.38. The molecule has 0 unspecified atom stereocenters. The van der Waals surface area contributed by atoms with Crippen LogP contribution in [0.3, 0.4) is 0 Å². The number of hydrogen-bond acceptors (Lipinski definition) is 4. The van der Waals surface area contributed by atoms with Crippen molar-refractivity contribution in [3.05, 3.63) is 70.6 Å². The molecule has 0 spiro atoms. The predicted molar refractivity (Wildman–Crippen MR) is 110 cm³/mol. The van der Waals surface area contributed by atoms with Gasteiger partial charge in [0.2, 0.25) is 0 Å². The van der Waals surface area contributed by atoms with Crippen LogP contribution in [0.2, 0.25) is 0 Å². The van der Waals surface area contributed by atoms with Crippen molar-refractivity contribution in [2.75, 3.05) is 0 Å². The molecular formula is C21H23FN6O2. The van der Waals surface area contributed by atoms with Gasteiger partial charge in [-0.25, -0.2) is 9.07 Å². The summed E-state index contributed by atoms with van der Waals surface area (Å²) in [5, 5.41) is 8.65. The number of nitrogens with zero attached hydrogens (tertiary/aromatic N) is 4. The second-order valence-corrected chi connectivity index (χ2v) is 6.93. The van der Waals surface area contributed by atoms with Gasteiger partial charge < -0.3 is 0 Å². The third-order valence-electron chi connectivity index (χ3n) is 4.54. The summed E-state index contributed by atoms with van der Waals surface area (Å²) in [5.41, 5.74) is 9.39. The maximum absolute atomic E-state index is 13.1. The Morgan fingerprint density at radius 1 is 1.07 bits per heavy atom. The largest absolute Gasteiger partial charge is 0.271 e. The maximum atomic E-state index is 13.1. The fraction of sp³-hybridized carbons (Fsp3) is 0.238. The predicted octanol–water partition coefficient (Wildman–Crippen LogP) is 2.30. The second-order valence-electron chi connectivity index (χ2n) is 6.93. The molecule has 1 aromatic carbocycles. The van der Waals surface area contributed by atoms with E-state index in [1.165, 1.54) is 18.2 Å². The lowest BCUT2D eigenvalue weighted by Crippen LogP contribution is -2.42. The molecule has 2 N–H and O–H groups in total. The van der Waals surface area contributed by atoms with Crippen molar-refractivity contribution in [2.24, 2.45) is 0 Å². The fourth-order valence-electron chi connectivity index (χ4n) is 3.07. The average Bonchev–Trinajstić information content (AvgIpc) is 3.16. The third kappa shape index (κ3) is 4.80. The number of carbonyl (C=O) groups excluding carboxylic acids is 2. The summed E-state index contributed by atoms with van der Waals surface area (Å²) >= 11 is 0. The van der Waals surface area contributed by atoms with Gasteiger partial charge in [-0.05, 0) is 64.1 Å². The van der Waals surface area contributed by atoms with E-state index in [0.29, 0.717) is 0 Å². The molecule has 0 aliphatic rings. The first-order valence-corrected chi connectivity index (χ1v) is 9.34. The number of nitrogens with one attached hydrogen (secondary N) is 2. The highest BCUT2D eigenvalue weighted by atomic mass is 19.1. The van der Waals surface area contributed by atoms with Gasteiger partial charge in [0.1, 0.15) is 12.4 Å². The molecule has 0 saturated heterocycles. The molecule has 0 aliphatic carbocycles. The topological polar surface area (TPSA) is 93.8 Å². The highest BCUT2D eigenvalue weighted by Gasteiger charge is 2.12. The van der Waals surface area contributed by atoms with Gasteiger partial charge in [0.25, 0.3) is 11.8 Å². The van der Waals surface area contributed by atoms with E-state index >= 15 is 0 Å². The summed E-state index contributed by atoms with van der Waals surface area (Å²) in [5.74, 6) is -1.19. The number of hydrogen-bond donors (Lipinski definition) is 2. The van der Waals surface area contributed by atoms with Gasteiger partial charge >= 0.3 is 0 Å². The molecule has 9 heteroatoms. The van der Waals surface area contributed by atoms with Crippen LogP contribution in [-0.4, -0.2) is 31.4 Å². The van der Waals surface area contributed by atoms with Crippen LogP contribution in [0.25, 0.3) is 11.8 Å². The number of rotatable bonds is 5. The van der Waals surface area contributed by atoms with Crippen LogP contribution >= 0.6 is 0 Å². The van der Waals surface area contributed by atoms with Crippen molar-refractivity contribution < 1.29 is 14.0 Å². The number of aryl methyl sites for hydroxylation is 3. The van der Waals surface area contributed by atoms with Gasteiger partial charge in [-0.3, -0.25) is 25.1 Å². The zero-order chi connectivity index (χ0) is 21.8. The van der Waals surface area contributed by atoms with Crippen molar-refractivity contribution in [2.45, 2.75) is 34.2 Å². The Balaban J connectivity index is 1.61. The quantitative estimate of drug-likeness (QED) is 0.499. The molecule has 3 rings (SSSR count). The number of amides is 2. The van der Waals surface area contributed by atoms with E-state index in [-0.39, 0.29) is 18.3 Å². The Hall–Kier alpha value is -3.75. The van der Waals surface area contributed by atoms with E-state index in [1.54, 1.807) is 27.6 Å². The van der Waals surface area contributed by atoms with E-state index in [4.69, 9.17) is 0 Å². The van der Waals surface area contributed by atoms with Crippen LogP contribution in [0.5, 0.6) is 0 Å². The minimum Gasteiger partial charge on any atom is -0.271 e. The first-order valence-electron chi connectivity index (χ1n) is 9.34. The van der Waals surface area contributed by atoms with Gasteiger partial charge in [-0.2, -0.15) is 10.2 Å². The molecule has 0 saturated carbocycles. The molecule has 8 nitrogen and oxygen atoms in total. The summed E-state index contributed by atoms with van der Waals surface area (Å²) in [7, 11) is 0. The number of benzene rings is 1. The van der Waals surface area contributed by atoms with Gasteiger partial charge in [0.15, 0.2) is 0 Å². The number of carbonyl (C=O) groups is 2. The first-order chi connectivity index (χ1) is 14.2. The smallest absolute Gasteiger partial charge is 0.262 e. The molecule has 2 amide bonds. The Morgan fingerprint density at radius 3 is 2.40 bits per heavy atom. The molecular weight excluding hydrogens is 387 g/mol. The molecule has 0 bridgehead atoms. The maximum Gasteiger partial charge on any atom is 0.262 e. The van der Waals surface area contributed by atoms with Crippen molar-refractivity contribution >= 4 is 17.9 Å². The van der Waals surface area contributed by atoms with Crippen molar-refractivity contribution in [3.63, 3.8) is 0 Å². The molecule has 0 aliphatic heterocycles. The van der Waals surface area contributed by atoms with E-state index in [2.05, 4.69) is 21.0 Å². The minimum atomic E-state index is -0.481. The van der Waals surface area contributed by atoms with Gasteiger partial charge in [-0.15, -0.1) is 0 Å². The van der Waals surface area contributed by atoms with Crippen LogP contribution in [0.1, 0.15) is 28.3 Å². The minimum absolute atomic E-state index is 0.00627. The van der Waals surface area contributed by atoms with Crippen molar-refractivity contribution in [3.8, 4) is 5.69 Å². The number of hydrazine groups is 1. The molecule has 30 heavy (non-hydrogen) atoms. The van der Waals surface area contributed by atoms with E-state index in [9.17, 15) is 14.0 Å². The number of halogens is 1. The lowest BCUT2D eigenvalue weighted by Gasteiger charge is -2.07. The fourth-order valence-corrected chi connectivity index (χ4v) is 3.07. The molecule has 0 atom stereocenters. The zero-order valence-electron chi connectivity index (χ0n) is 17.2. The molecule has 3 aromatic rings. The van der Waals surface area contributed by atoms with Gasteiger partial charge in [-0.1, -0.05) is 0 Å². The van der Waals surface area contributed by atoms with Gasteiger partial charge in [0.05, 0.1) is 17.1 Å². The van der Waals surface area contributed by atoms with Crippen LogP contribution in [0, 0.1) is 33.5 Å². The Labute approximate surface area is 173 Å². The van der Waals surface area contributed by atoms with E-state index < -0.39 is 5.91 Å². The van der Waals surface area contributed by atoms with Crippen LogP contribution in [0.15, 0.2) is 36.4 Å². The monoisotopic (exact) mass is 410 g/mol. The summed E-state index contributed by atoms with van der Waals surface area (Å²) in [6.07, 6.45) is 2.94. The lowest BCUT2D eigenvalue weighted by atomic mass is 10.2. The second kappa shape index (κ2) is 8.73. The molecule has 0 fully saturated rings. The lowest BCUT2D eigenvalue weighted by molar-refractivity contribution is -0.127. The Bertz CT molecular complexity index is 1110. The molecule has 2 heterocycles. The van der Waals surface area contributed by atoms with Crippen LogP contribution < -0.4 is 10.9 Å². The summed E-state index contributed by atoms with van der Waals surface area (Å²) in [6, 6.07) is 7.86. The normalized spacial score (nSPS) is 11.1. The average molecular weight is 410 g/mol.